The van der Waals surface area contributed by atoms with Gasteiger partial charge in [0.15, 0.2) is 11.5 Å². The first-order valence-electron chi connectivity index (χ1n) is 7.39. The van der Waals surface area contributed by atoms with Gasteiger partial charge in [0.2, 0.25) is 0 Å². The van der Waals surface area contributed by atoms with Crippen LogP contribution in [0.25, 0.3) is 0 Å². The van der Waals surface area contributed by atoms with Gasteiger partial charge in [0.1, 0.15) is 11.9 Å². The molecule has 1 fully saturated rings. The zero-order valence-electron chi connectivity index (χ0n) is 13.0. The maximum Gasteiger partial charge on any atom is 0.435 e. The fraction of sp³-hybridized carbons (Fsp3) is 0.375. The molecule has 1 unspecified atom stereocenters. The molecule has 0 spiro atoms. The normalized spacial score (nSPS) is 18.5. The minimum Gasteiger partial charge on any atom is -0.497 e. The van der Waals surface area contributed by atoms with Crippen LogP contribution in [0.4, 0.5) is 19.0 Å². The summed E-state index contributed by atoms with van der Waals surface area (Å²) in [6, 6.07) is 9.80. The second-order valence-corrected chi connectivity index (χ2v) is 5.36. The quantitative estimate of drug-likeness (QED) is 0.860. The Kier molecular flexibility index (Phi) is 4.57. The molecule has 8 heteroatoms. The molecule has 2 heterocycles. The molecule has 128 valence electrons. The van der Waals surface area contributed by atoms with Crippen molar-refractivity contribution in [2.24, 2.45) is 0 Å². The molecule has 0 radical (unpaired) electrons. The van der Waals surface area contributed by atoms with E-state index < -0.39 is 11.9 Å². The van der Waals surface area contributed by atoms with Gasteiger partial charge in [-0.05, 0) is 29.8 Å². The Labute approximate surface area is 137 Å². The molecular formula is C16H16F3N3O2. The van der Waals surface area contributed by atoms with Gasteiger partial charge in [0.05, 0.1) is 13.7 Å². The molecule has 0 bridgehead atoms. The standard InChI is InChI=1S/C16H16F3N3O2/c1-23-12-4-2-3-11(9-12)13-10-22(7-8-24-13)15-6-5-14(20-21-15)16(17,18)19/h2-6,9,13H,7-8,10H2,1H3. The molecule has 24 heavy (non-hydrogen) atoms. The van der Waals surface area contributed by atoms with Crippen LogP contribution in [0.1, 0.15) is 17.4 Å². The molecule has 1 aromatic carbocycles. The van der Waals surface area contributed by atoms with Crippen LogP contribution in [0, 0.1) is 0 Å². The van der Waals surface area contributed by atoms with Gasteiger partial charge < -0.3 is 14.4 Å². The number of hydrogen-bond acceptors (Lipinski definition) is 5. The van der Waals surface area contributed by atoms with Crippen LogP contribution < -0.4 is 9.64 Å². The van der Waals surface area contributed by atoms with E-state index in [4.69, 9.17) is 9.47 Å². The Hall–Kier alpha value is -2.35. The molecule has 0 N–H and O–H groups in total. The molecule has 1 saturated heterocycles. The van der Waals surface area contributed by atoms with Crippen LogP contribution in [0.3, 0.4) is 0 Å². The summed E-state index contributed by atoms with van der Waals surface area (Å²) in [6.45, 7) is 1.47. The van der Waals surface area contributed by atoms with E-state index in [2.05, 4.69) is 10.2 Å². The van der Waals surface area contributed by atoms with Crippen molar-refractivity contribution in [2.75, 3.05) is 31.7 Å². The SMILES string of the molecule is COc1cccc(C2CN(c3ccc(C(F)(F)F)nn3)CCO2)c1. The van der Waals surface area contributed by atoms with Gasteiger partial charge in [-0.15, -0.1) is 10.2 Å². The van der Waals surface area contributed by atoms with E-state index >= 15 is 0 Å². The molecule has 1 aliphatic heterocycles. The number of hydrogen-bond donors (Lipinski definition) is 0. The second kappa shape index (κ2) is 6.64. The van der Waals surface area contributed by atoms with E-state index in [1.807, 2.05) is 29.2 Å². The third kappa shape index (κ3) is 3.59. The van der Waals surface area contributed by atoms with Crippen LogP contribution >= 0.6 is 0 Å². The van der Waals surface area contributed by atoms with Gasteiger partial charge in [0, 0.05) is 13.1 Å². The van der Waals surface area contributed by atoms with Crippen molar-refractivity contribution >= 4 is 5.82 Å². The number of alkyl halides is 3. The molecule has 1 aromatic heterocycles. The van der Waals surface area contributed by atoms with Crippen molar-refractivity contribution in [2.45, 2.75) is 12.3 Å². The molecular weight excluding hydrogens is 323 g/mol. The van der Waals surface area contributed by atoms with E-state index in [0.29, 0.717) is 25.5 Å². The number of nitrogens with zero attached hydrogens (tertiary/aromatic N) is 3. The highest BCUT2D eigenvalue weighted by atomic mass is 19.4. The molecule has 1 aliphatic rings. The van der Waals surface area contributed by atoms with Crippen molar-refractivity contribution < 1.29 is 22.6 Å². The van der Waals surface area contributed by atoms with Gasteiger partial charge in [-0.25, -0.2) is 0 Å². The van der Waals surface area contributed by atoms with Crippen molar-refractivity contribution in [1.29, 1.82) is 0 Å². The van der Waals surface area contributed by atoms with Gasteiger partial charge in [-0.2, -0.15) is 13.2 Å². The summed E-state index contributed by atoms with van der Waals surface area (Å²) in [4.78, 5) is 1.86. The number of aromatic nitrogens is 2. The third-order valence-electron chi connectivity index (χ3n) is 3.80. The number of methoxy groups -OCH3 is 1. The molecule has 2 aromatic rings. The smallest absolute Gasteiger partial charge is 0.435 e. The monoisotopic (exact) mass is 339 g/mol. The first kappa shape index (κ1) is 16.5. The predicted molar refractivity (Wildman–Crippen MR) is 80.9 cm³/mol. The first-order chi connectivity index (χ1) is 11.5. The summed E-state index contributed by atoms with van der Waals surface area (Å²) < 4.78 is 48.7. The van der Waals surface area contributed by atoms with Crippen molar-refractivity contribution in [3.63, 3.8) is 0 Å². The second-order valence-electron chi connectivity index (χ2n) is 5.36. The number of morpholine rings is 1. The summed E-state index contributed by atoms with van der Waals surface area (Å²) in [7, 11) is 1.59. The van der Waals surface area contributed by atoms with E-state index in [0.717, 1.165) is 17.4 Å². The average molecular weight is 339 g/mol. The summed E-state index contributed by atoms with van der Waals surface area (Å²) in [5, 5.41) is 6.98. The van der Waals surface area contributed by atoms with Crippen LogP contribution in [-0.4, -0.2) is 37.0 Å². The number of ether oxygens (including phenoxy) is 2. The molecule has 5 nitrogen and oxygen atoms in total. The number of halogens is 3. The molecule has 3 rings (SSSR count). The van der Waals surface area contributed by atoms with E-state index in [1.54, 1.807) is 7.11 Å². The lowest BCUT2D eigenvalue weighted by molar-refractivity contribution is -0.141. The Balaban J connectivity index is 1.75. The predicted octanol–water partition coefficient (Wildman–Crippen LogP) is 3.08. The van der Waals surface area contributed by atoms with E-state index in [9.17, 15) is 13.2 Å². The molecule has 0 aliphatic carbocycles. The Morgan fingerprint density at radius 1 is 1.21 bits per heavy atom. The van der Waals surface area contributed by atoms with E-state index in [-0.39, 0.29) is 6.10 Å². The third-order valence-corrected chi connectivity index (χ3v) is 3.80. The number of benzene rings is 1. The summed E-state index contributed by atoms with van der Waals surface area (Å²) in [5.41, 5.74) is -0.0530. The minimum absolute atomic E-state index is 0.210. The minimum atomic E-state index is -4.49. The highest BCUT2D eigenvalue weighted by molar-refractivity contribution is 5.40. The summed E-state index contributed by atoms with van der Waals surface area (Å²) in [6.07, 6.45) is -4.70. The Morgan fingerprint density at radius 2 is 2.04 bits per heavy atom. The first-order valence-corrected chi connectivity index (χ1v) is 7.39. The van der Waals surface area contributed by atoms with Gasteiger partial charge in [0.25, 0.3) is 0 Å². The van der Waals surface area contributed by atoms with Crippen LogP contribution in [0.5, 0.6) is 5.75 Å². The average Bonchev–Trinajstić information content (AvgIpc) is 2.61. The Bertz CT molecular complexity index is 692. The maximum atomic E-state index is 12.6. The Morgan fingerprint density at radius 3 is 2.71 bits per heavy atom. The van der Waals surface area contributed by atoms with Gasteiger partial charge >= 0.3 is 6.18 Å². The van der Waals surface area contributed by atoms with Crippen molar-refractivity contribution in [3.8, 4) is 5.75 Å². The molecule has 0 amide bonds. The largest absolute Gasteiger partial charge is 0.497 e. The zero-order chi connectivity index (χ0) is 17.2. The maximum absolute atomic E-state index is 12.6. The number of rotatable bonds is 3. The van der Waals surface area contributed by atoms with Crippen LogP contribution in [0.2, 0.25) is 0 Å². The fourth-order valence-electron chi connectivity index (χ4n) is 2.55. The summed E-state index contributed by atoms with van der Waals surface area (Å²) >= 11 is 0. The number of anilines is 1. The molecule has 1 atom stereocenters. The van der Waals surface area contributed by atoms with Gasteiger partial charge in [-0.1, -0.05) is 12.1 Å². The lowest BCUT2D eigenvalue weighted by Crippen LogP contribution is -2.39. The highest BCUT2D eigenvalue weighted by Crippen LogP contribution is 2.30. The van der Waals surface area contributed by atoms with E-state index in [1.165, 1.54) is 6.07 Å². The van der Waals surface area contributed by atoms with Crippen molar-refractivity contribution in [3.05, 3.63) is 47.7 Å². The van der Waals surface area contributed by atoms with Crippen LogP contribution in [-0.2, 0) is 10.9 Å². The fourth-order valence-corrected chi connectivity index (χ4v) is 2.55. The lowest BCUT2D eigenvalue weighted by atomic mass is 10.1. The van der Waals surface area contributed by atoms with Crippen LogP contribution in [0.15, 0.2) is 36.4 Å². The topological polar surface area (TPSA) is 47.5 Å². The molecule has 0 saturated carbocycles. The van der Waals surface area contributed by atoms with Gasteiger partial charge in [-0.3, -0.25) is 0 Å². The summed E-state index contributed by atoms with van der Waals surface area (Å²) in [5.74, 6) is 1.13. The highest BCUT2D eigenvalue weighted by Gasteiger charge is 2.33. The lowest BCUT2D eigenvalue weighted by Gasteiger charge is -2.33. The zero-order valence-corrected chi connectivity index (χ0v) is 13.0. The van der Waals surface area contributed by atoms with Crippen molar-refractivity contribution in [1.82, 2.24) is 10.2 Å².